The lowest BCUT2D eigenvalue weighted by atomic mass is 9.93. The number of nitroso groups, excluding NO2 is 1. The largest absolute Gasteiger partial charge is 0.145 e. The van der Waals surface area contributed by atoms with Gasteiger partial charge in [-0.05, 0) is 5.18 Å². The van der Waals surface area contributed by atoms with E-state index < -0.39 is 0 Å². The van der Waals surface area contributed by atoms with Gasteiger partial charge in [0.2, 0.25) is 0 Å². The smallest absolute Gasteiger partial charge is 0.0845 e. The Morgan fingerprint density at radius 3 is 2.33 bits per heavy atom. The predicted octanol–water partition coefficient (Wildman–Crippen LogP) is 2.53. The molecule has 0 aliphatic carbocycles. The third kappa shape index (κ3) is 2.14. The van der Waals surface area contributed by atoms with Crippen LogP contribution in [0.15, 0.2) is 17.5 Å². The van der Waals surface area contributed by atoms with Gasteiger partial charge >= 0.3 is 0 Å². The Bertz CT molecular complexity index is 131. The van der Waals surface area contributed by atoms with Crippen LogP contribution in [0.25, 0.3) is 0 Å². The molecule has 0 radical (unpaired) electrons. The van der Waals surface area contributed by atoms with Crippen molar-refractivity contribution < 1.29 is 0 Å². The molecule has 0 bridgehead atoms. The van der Waals surface area contributed by atoms with Crippen molar-refractivity contribution in [1.29, 1.82) is 0 Å². The molecule has 0 amide bonds. The van der Waals surface area contributed by atoms with Gasteiger partial charge in [-0.15, -0.1) is 16.5 Å². The van der Waals surface area contributed by atoms with Crippen LogP contribution >= 0.6 is 11.6 Å². The maximum atomic E-state index is 9.90. The Hall–Kier alpha value is -0.370. The average Bonchev–Trinajstić information content (AvgIpc) is 1.86. The molecular formula is C6H10ClNO. The Kier molecular flexibility index (Phi) is 2.85. The van der Waals surface area contributed by atoms with Crippen molar-refractivity contribution in [3.63, 3.8) is 0 Å². The highest BCUT2D eigenvalue weighted by Crippen LogP contribution is 2.26. The van der Waals surface area contributed by atoms with Gasteiger partial charge in [-0.25, -0.2) is 0 Å². The summed E-state index contributed by atoms with van der Waals surface area (Å²) in [7, 11) is 0. The molecule has 0 N–H and O–H groups in total. The number of halogens is 1. The summed E-state index contributed by atoms with van der Waals surface area (Å²) in [5.74, 6) is 0.373. The second-order valence-corrected chi connectivity index (χ2v) is 2.82. The van der Waals surface area contributed by atoms with Gasteiger partial charge in [0.25, 0.3) is 0 Å². The first-order valence-electron chi connectivity index (χ1n) is 2.63. The average molecular weight is 148 g/mol. The summed E-state index contributed by atoms with van der Waals surface area (Å²) in [4.78, 5) is 9.90. The lowest BCUT2D eigenvalue weighted by molar-refractivity contribution is 0.507. The first-order valence-corrected chi connectivity index (χ1v) is 3.17. The molecule has 0 heterocycles. The molecule has 0 fully saturated rings. The minimum Gasteiger partial charge on any atom is -0.145 e. The fourth-order valence-electron chi connectivity index (χ4n) is 0.201. The number of alkyl halides is 1. The van der Waals surface area contributed by atoms with Crippen LogP contribution in [0.4, 0.5) is 0 Å². The van der Waals surface area contributed by atoms with Crippen molar-refractivity contribution in [2.45, 2.75) is 13.8 Å². The van der Waals surface area contributed by atoms with E-state index in [9.17, 15) is 4.91 Å². The highest BCUT2D eigenvalue weighted by atomic mass is 35.5. The van der Waals surface area contributed by atoms with Crippen LogP contribution in [0.3, 0.4) is 0 Å². The number of nitrogens with zero attached hydrogens (tertiary/aromatic N) is 1. The summed E-state index contributed by atoms with van der Waals surface area (Å²) in [6, 6.07) is 0. The monoisotopic (exact) mass is 147 g/mol. The highest BCUT2D eigenvalue weighted by Gasteiger charge is 2.20. The van der Waals surface area contributed by atoms with E-state index >= 15 is 0 Å². The Morgan fingerprint density at radius 2 is 2.22 bits per heavy atom. The lowest BCUT2D eigenvalue weighted by Crippen LogP contribution is -2.14. The lowest BCUT2D eigenvalue weighted by Gasteiger charge is -2.17. The molecule has 0 aliphatic rings. The maximum Gasteiger partial charge on any atom is 0.0845 e. The van der Waals surface area contributed by atoms with Crippen LogP contribution in [0, 0.1) is 10.3 Å². The number of allylic oxidation sites excluding steroid dienone is 1. The molecule has 2 nitrogen and oxygen atoms in total. The summed E-state index contributed by atoms with van der Waals surface area (Å²) < 4.78 is 0. The fourth-order valence-corrected chi connectivity index (χ4v) is 0.355. The van der Waals surface area contributed by atoms with Gasteiger partial charge in [-0.1, -0.05) is 20.4 Å². The van der Waals surface area contributed by atoms with Crippen LogP contribution < -0.4 is 0 Å². The van der Waals surface area contributed by atoms with Crippen LogP contribution in [0.2, 0.25) is 0 Å². The molecule has 52 valence electrons. The quantitative estimate of drug-likeness (QED) is 0.446. The van der Waals surface area contributed by atoms with Gasteiger partial charge in [0, 0.05) is 11.3 Å². The minimum atomic E-state index is -0.358. The maximum absolute atomic E-state index is 9.90. The molecule has 0 atom stereocenters. The Morgan fingerprint density at radius 1 is 1.78 bits per heavy atom. The van der Waals surface area contributed by atoms with Crippen molar-refractivity contribution in [2.24, 2.45) is 10.6 Å². The Labute approximate surface area is 59.9 Å². The van der Waals surface area contributed by atoms with Crippen LogP contribution in [-0.2, 0) is 0 Å². The highest BCUT2D eigenvalue weighted by molar-refractivity contribution is 6.18. The van der Waals surface area contributed by atoms with Crippen LogP contribution in [0.1, 0.15) is 13.8 Å². The number of hydrogen-bond acceptors (Lipinski definition) is 2. The first kappa shape index (κ1) is 8.63. The summed E-state index contributed by atoms with van der Waals surface area (Å²) in [5, 5.41) is 2.70. The summed E-state index contributed by atoms with van der Waals surface area (Å²) in [5.41, 5.74) is -0.0546. The first-order chi connectivity index (χ1) is 4.04. The second kappa shape index (κ2) is 2.97. The normalized spacial score (nSPS) is 11.0. The van der Waals surface area contributed by atoms with Crippen LogP contribution in [-0.4, -0.2) is 5.88 Å². The SMILES string of the molecule is C=C(N=O)C(C)(C)CCl. The van der Waals surface area contributed by atoms with Crippen molar-refractivity contribution in [2.75, 3.05) is 5.88 Å². The zero-order chi connectivity index (χ0) is 7.49. The Balaban J connectivity index is 4.13. The minimum absolute atomic E-state index is 0.303. The topological polar surface area (TPSA) is 29.4 Å². The molecule has 0 aromatic rings. The van der Waals surface area contributed by atoms with Crippen molar-refractivity contribution in [3.05, 3.63) is 17.2 Å². The van der Waals surface area contributed by atoms with E-state index in [0.717, 1.165) is 0 Å². The van der Waals surface area contributed by atoms with Gasteiger partial charge in [0.05, 0.1) is 5.70 Å². The van der Waals surface area contributed by atoms with Gasteiger partial charge in [0.15, 0.2) is 0 Å². The van der Waals surface area contributed by atoms with Crippen molar-refractivity contribution in [3.8, 4) is 0 Å². The van der Waals surface area contributed by atoms with Gasteiger partial charge in [-0.3, -0.25) is 0 Å². The summed E-state index contributed by atoms with van der Waals surface area (Å²) in [6.07, 6.45) is 0. The molecule has 0 saturated carbocycles. The van der Waals surface area contributed by atoms with Gasteiger partial charge in [0.1, 0.15) is 0 Å². The van der Waals surface area contributed by atoms with Crippen molar-refractivity contribution in [1.82, 2.24) is 0 Å². The van der Waals surface area contributed by atoms with E-state index in [1.54, 1.807) is 0 Å². The molecule has 3 heteroatoms. The van der Waals surface area contributed by atoms with E-state index in [4.69, 9.17) is 11.6 Å². The molecule has 0 aliphatic heterocycles. The molecule has 0 saturated heterocycles. The zero-order valence-corrected chi connectivity index (χ0v) is 6.40. The predicted molar refractivity (Wildman–Crippen MR) is 39.4 cm³/mol. The molecule has 0 aromatic heterocycles. The summed E-state index contributed by atoms with van der Waals surface area (Å²) >= 11 is 5.51. The van der Waals surface area contributed by atoms with Crippen molar-refractivity contribution >= 4 is 11.6 Å². The van der Waals surface area contributed by atoms with E-state index in [1.165, 1.54) is 0 Å². The standard InChI is InChI=1S/C6H10ClNO/c1-5(8-9)6(2,3)4-7/h1,4H2,2-3H3. The molecule has 9 heavy (non-hydrogen) atoms. The van der Waals surface area contributed by atoms with E-state index in [2.05, 4.69) is 11.8 Å². The molecule has 0 spiro atoms. The molecule has 0 unspecified atom stereocenters. The molecular weight excluding hydrogens is 138 g/mol. The van der Waals surface area contributed by atoms with Gasteiger partial charge in [-0.2, -0.15) is 0 Å². The number of hydrogen-bond donors (Lipinski definition) is 0. The zero-order valence-electron chi connectivity index (χ0n) is 5.65. The van der Waals surface area contributed by atoms with E-state index in [0.29, 0.717) is 11.6 Å². The van der Waals surface area contributed by atoms with E-state index in [-0.39, 0.29) is 5.41 Å². The summed E-state index contributed by atoms with van der Waals surface area (Å²) in [6.45, 7) is 7.10. The van der Waals surface area contributed by atoms with E-state index in [1.807, 2.05) is 13.8 Å². The third-order valence-corrected chi connectivity index (χ3v) is 1.89. The second-order valence-electron chi connectivity index (χ2n) is 2.56. The molecule has 0 aromatic carbocycles. The fraction of sp³-hybridized carbons (Fsp3) is 0.667. The van der Waals surface area contributed by atoms with Crippen LogP contribution in [0.5, 0.6) is 0 Å². The van der Waals surface area contributed by atoms with Gasteiger partial charge < -0.3 is 0 Å². The number of rotatable bonds is 3. The molecule has 0 rings (SSSR count). The third-order valence-electron chi connectivity index (χ3n) is 1.23.